The number of nitrogens with zero attached hydrogens (tertiary/aromatic N) is 2. The van der Waals surface area contributed by atoms with Crippen molar-refractivity contribution in [2.24, 2.45) is 0 Å². The van der Waals surface area contributed by atoms with E-state index in [0.717, 1.165) is 13.0 Å². The highest BCUT2D eigenvalue weighted by Crippen LogP contribution is 2.19. The van der Waals surface area contributed by atoms with Crippen molar-refractivity contribution in [2.75, 3.05) is 40.0 Å². The van der Waals surface area contributed by atoms with E-state index in [1.807, 2.05) is 14.1 Å². The normalized spacial score (nSPS) is 10.7. The molecule has 0 saturated carbocycles. The third kappa shape index (κ3) is 4.20. The van der Waals surface area contributed by atoms with Crippen LogP contribution >= 0.6 is 11.6 Å². The molecular weight excluding hydrogens is 250 g/mol. The van der Waals surface area contributed by atoms with E-state index in [0.29, 0.717) is 22.8 Å². The van der Waals surface area contributed by atoms with Crippen LogP contribution in [0.15, 0.2) is 18.2 Å². The Morgan fingerprint density at radius 3 is 2.56 bits per heavy atom. The number of amides is 1. The number of rotatable bonds is 5. The van der Waals surface area contributed by atoms with Gasteiger partial charge in [0.05, 0.1) is 5.56 Å². The number of benzene rings is 1. The summed E-state index contributed by atoms with van der Waals surface area (Å²) < 4.78 is 0. The van der Waals surface area contributed by atoms with Crippen LogP contribution in [-0.4, -0.2) is 49.9 Å². The van der Waals surface area contributed by atoms with E-state index in [-0.39, 0.29) is 5.91 Å². The van der Waals surface area contributed by atoms with Crippen molar-refractivity contribution in [3.8, 4) is 0 Å². The highest BCUT2D eigenvalue weighted by Gasteiger charge is 2.14. The second kappa shape index (κ2) is 6.61. The van der Waals surface area contributed by atoms with Crippen LogP contribution < -0.4 is 5.73 Å². The molecule has 18 heavy (non-hydrogen) atoms. The molecule has 0 aliphatic rings. The Morgan fingerprint density at radius 2 is 1.94 bits per heavy atom. The predicted molar refractivity (Wildman–Crippen MR) is 76.0 cm³/mol. The van der Waals surface area contributed by atoms with Crippen LogP contribution in [0.3, 0.4) is 0 Å². The molecule has 0 fully saturated rings. The zero-order valence-electron chi connectivity index (χ0n) is 11.1. The van der Waals surface area contributed by atoms with Gasteiger partial charge in [-0.2, -0.15) is 0 Å². The molecule has 4 nitrogen and oxygen atoms in total. The van der Waals surface area contributed by atoms with Gasteiger partial charge >= 0.3 is 0 Å². The predicted octanol–water partition coefficient (Wildman–Crippen LogP) is 1.95. The van der Waals surface area contributed by atoms with Crippen LogP contribution in [0.5, 0.6) is 0 Å². The number of anilines is 1. The number of nitrogen functional groups attached to an aromatic ring is 1. The van der Waals surface area contributed by atoms with Crippen molar-refractivity contribution in [1.82, 2.24) is 9.80 Å². The lowest BCUT2D eigenvalue weighted by molar-refractivity contribution is 0.0791. The number of halogens is 1. The Bertz CT molecular complexity index is 421. The van der Waals surface area contributed by atoms with Gasteiger partial charge in [0.1, 0.15) is 0 Å². The minimum atomic E-state index is -0.0891. The fraction of sp³-hybridized carbons (Fsp3) is 0.462. The number of carbonyl (C=O) groups is 1. The lowest BCUT2D eigenvalue weighted by Gasteiger charge is -2.19. The largest absolute Gasteiger partial charge is 0.398 e. The van der Waals surface area contributed by atoms with Gasteiger partial charge in [0.25, 0.3) is 5.91 Å². The zero-order valence-corrected chi connectivity index (χ0v) is 11.9. The van der Waals surface area contributed by atoms with Gasteiger partial charge < -0.3 is 15.5 Å². The minimum Gasteiger partial charge on any atom is -0.398 e. The highest BCUT2D eigenvalue weighted by molar-refractivity contribution is 6.31. The maximum Gasteiger partial charge on any atom is 0.255 e. The minimum absolute atomic E-state index is 0.0891. The first kappa shape index (κ1) is 14.8. The molecule has 100 valence electrons. The number of hydrogen-bond acceptors (Lipinski definition) is 3. The zero-order chi connectivity index (χ0) is 13.7. The van der Waals surface area contributed by atoms with E-state index in [9.17, 15) is 4.79 Å². The molecule has 1 aromatic rings. The molecule has 2 N–H and O–H groups in total. The Morgan fingerprint density at radius 1 is 1.28 bits per heavy atom. The first-order valence-electron chi connectivity index (χ1n) is 5.87. The van der Waals surface area contributed by atoms with Gasteiger partial charge in [0.15, 0.2) is 0 Å². The van der Waals surface area contributed by atoms with Crippen molar-refractivity contribution in [3.05, 3.63) is 28.8 Å². The van der Waals surface area contributed by atoms with E-state index >= 15 is 0 Å². The Balaban J connectivity index is 2.65. The summed E-state index contributed by atoms with van der Waals surface area (Å²) in [5, 5.41) is 0.522. The van der Waals surface area contributed by atoms with Gasteiger partial charge in [-0.15, -0.1) is 0 Å². The van der Waals surface area contributed by atoms with Crippen molar-refractivity contribution in [1.29, 1.82) is 0 Å². The second-order valence-electron chi connectivity index (χ2n) is 4.62. The lowest BCUT2D eigenvalue weighted by Crippen LogP contribution is -2.30. The standard InChI is InChI=1S/C13H20ClN3O/c1-16(2)7-4-8-17(3)13(18)11-9-10(14)5-6-12(11)15/h5-6,9H,4,7-8,15H2,1-3H3. The van der Waals surface area contributed by atoms with E-state index in [1.54, 1.807) is 30.1 Å². The van der Waals surface area contributed by atoms with Gasteiger partial charge in [0, 0.05) is 24.3 Å². The van der Waals surface area contributed by atoms with Crippen molar-refractivity contribution < 1.29 is 4.79 Å². The second-order valence-corrected chi connectivity index (χ2v) is 5.05. The smallest absolute Gasteiger partial charge is 0.255 e. The average Bonchev–Trinajstić information content (AvgIpc) is 2.30. The molecule has 0 radical (unpaired) electrons. The topological polar surface area (TPSA) is 49.6 Å². The van der Waals surface area contributed by atoms with E-state index in [4.69, 9.17) is 17.3 Å². The van der Waals surface area contributed by atoms with Gasteiger partial charge in [-0.3, -0.25) is 4.79 Å². The summed E-state index contributed by atoms with van der Waals surface area (Å²) >= 11 is 5.88. The summed E-state index contributed by atoms with van der Waals surface area (Å²) in [5.41, 5.74) is 6.72. The van der Waals surface area contributed by atoms with Crippen LogP contribution in [0.25, 0.3) is 0 Å². The van der Waals surface area contributed by atoms with E-state index in [1.165, 1.54) is 0 Å². The van der Waals surface area contributed by atoms with E-state index in [2.05, 4.69) is 4.90 Å². The molecule has 5 heteroatoms. The van der Waals surface area contributed by atoms with Crippen LogP contribution in [-0.2, 0) is 0 Å². The maximum absolute atomic E-state index is 12.2. The molecule has 1 rings (SSSR count). The van der Waals surface area contributed by atoms with Gasteiger partial charge in [-0.1, -0.05) is 11.6 Å². The molecule has 0 unspecified atom stereocenters. The Hall–Kier alpha value is -1.26. The number of carbonyl (C=O) groups excluding carboxylic acids is 1. The average molecular weight is 270 g/mol. The van der Waals surface area contributed by atoms with Crippen LogP contribution in [0.2, 0.25) is 5.02 Å². The summed E-state index contributed by atoms with van der Waals surface area (Å²) in [4.78, 5) is 15.9. The fourth-order valence-corrected chi connectivity index (χ4v) is 1.82. The Kier molecular flexibility index (Phi) is 5.44. The van der Waals surface area contributed by atoms with Gasteiger partial charge in [0.2, 0.25) is 0 Å². The van der Waals surface area contributed by atoms with Gasteiger partial charge in [-0.05, 0) is 45.3 Å². The van der Waals surface area contributed by atoms with Crippen molar-refractivity contribution in [3.63, 3.8) is 0 Å². The summed E-state index contributed by atoms with van der Waals surface area (Å²) in [6, 6.07) is 4.95. The Labute approximate surface area is 113 Å². The first-order chi connectivity index (χ1) is 8.41. The molecule has 1 aromatic carbocycles. The molecular formula is C13H20ClN3O. The van der Waals surface area contributed by atoms with Crippen LogP contribution in [0.4, 0.5) is 5.69 Å². The lowest BCUT2D eigenvalue weighted by atomic mass is 10.1. The molecule has 1 amide bonds. The molecule has 0 heterocycles. The monoisotopic (exact) mass is 269 g/mol. The molecule has 0 saturated heterocycles. The highest BCUT2D eigenvalue weighted by atomic mass is 35.5. The van der Waals surface area contributed by atoms with Crippen molar-refractivity contribution in [2.45, 2.75) is 6.42 Å². The number of hydrogen-bond donors (Lipinski definition) is 1. The van der Waals surface area contributed by atoms with Gasteiger partial charge in [-0.25, -0.2) is 0 Å². The molecule has 0 aliphatic heterocycles. The maximum atomic E-state index is 12.2. The first-order valence-corrected chi connectivity index (χ1v) is 6.25. The van der Waals surface area contributed by atoms with Crippen LogP contribution in [0.1, 0.15) is 16.8 Å². The summed E-state index contributed by atoms with van der Waals surface area (Å²) in [6.45, 7) is 1.64. The van der Waals surface area contributed by atoms with E-state index < -0.39 is 0 Å². The van der Waals surface area contributed by atoms with Crippen molar-refractivity contribution >= 4 is 23.2 Å². The third-order valence-corrected chi connectivity index (χ3v) is 2.93. The molecule has 0 aliphatic carbocycles. The third-order valence-electron chi connectivity index (χ3n) is 2.69. The number of nitrogens with two attached hydrogens (primary N) is 1. The van der Waals surface area contributed by atoms with Crippen LogP contribution in [0, 0.1) is 0 Å². The fourth-order valence-electron chi connectivity index (χ4n) is 1.64. The molecule has 0 atom stereocenters. The summed E-state index contributed by atoms with van der Waals surface area (Å²) in [6.07, 6.45) is 0.926. The molecule has 0 aromatic heterocycles. The SMILES string of the molecule is CN(C)CCCN(C)C(=O)c1cc(Cl)ccc1N. The molecule has 0 bridgehead atoms. The quantitative estimate of drug-likeness (QED) is 0.831. The summed E-state index contributed by atoms with van der Waals surface area (Å²) in [7, 11) is 5.80. The molecule has 0 spiro atoms. The summed E-state index contributed by atoms with van der Waals surface area (Å²) in [5.74, 6) is -0.0891.